The fraction of sp³-hybridized carbons (Fsp3) is 0.600. The summed E-state index contributed by atoms with van der Waals surface area (Å²) in [4.78, 5) is 61.5. The maximum absolute atomic E-state index is 13.8. The summed E-state index contributed by atoms with van der Waals surface area (Å²) in [5, 5.41) is 0. The monoisotopic (exact) mass is 466 g/mol. The molecule has 2 aliphatic heterocycles. The predicted octanol–water partition coefficient (Wildman–Crippen LogP) is 2.06. The first-order valence-electron chi connectivity index (χ1n) is 11.7. The lowest BCUT2D eigenvalue weighted by Crippen LogP contribution is -2.71. The van der Waals surface area contributed by atoms with Crippen molar-refractivity contribution in [3.8, 4) is 0 Å². The molecule has 3 heterocycles. The van der Waals surface area contributed by atoms with Crippen molar-refractivity contribution in [3.05, 3.63) is 36.4 Å². The van der Waals surface area contributed by atoms with Gasteiger partial charge in [0.15, 0.2) is 16.9 Å². The number of rotatable bonds is 2. The Morgan fingerprint density at radius 1 is 1.18 bits per heavy atom. The SMILES string of the molecule is C=C1C(=O)[C@@]23C(=O)O[C@H]4CCC(C)(C)[C@H]5C(=O)OC[C@@]45[C@@H]2CC[C@@H]1[C@H]3OC(=O)c1cnccn1. The Kier molecular flexibility index (Phi) is 4.24. The van der Waals surface area contributed by atoms with E-state index in [2.05, 4.69) is 16.5 Å². The molecule has 178 valence electrons. The minimum absolute atomic E-state index is 0.0187. The van der Waals surface area contributed by atoms with Crippen LogP contribution in [-0.2, 0) is 28.6 Å². The van der Waals surface area contributed by atoms with Gasteiger partial charge in [0.05, 0.1) is 17.5 Å². The van der Waals surface area contributed by atoms with Gasteiger partial charge in [-0.3, -0.25) is 19.4 Å². The highest BCUT2D eigenvalue weighted by molar-refractivity contribution is 6.16. The average Bonchev–Trinajstić information content (AvgIpc) is 3.23. The number of nitrogens with zero attached hydrogens (tertiary/aromatic N) is 2. The number of hydrogen-bond donors (Lipinski definition) is 0. The van der Waals surface area contributed by atoms with Gasteiger partial charge in [-0.2, -0.15) is 0 Å². The van der Waals surface area contributed by atoms with Crippen molar-refractivity contribution in [2.75, 3.05) is 6.61 Å². The molecule has 3 aliphatic carbocycles. The van der Waals surface area contributed by atoms with Crippen molar-refractivity contribution in [2.45, 2.75) is 51.7 Å². The predicted molar refractivity (Wildman–Crippen MR) is 114 cm³/mol. The first-order valence-corrected chi connectivity index (χ1v) is 11.7. The number of carbonyl (C=O) groups is 4. The number of ether oxygens (including phenoxy) is 3. The third kappa shape index (κ3) is 2.35. The van der Waals surface area contributed by atoms with Crippen LogP contribution in [0.3, 0.4) is 0 Å². The zero-order valence-corrected chi connectivity index (χ0v) is 19.1. The van der Waals surface area contributed by atoms with Gasteiger partial charge in [0.1, 0.15) is 18.8 Å². The molecule has 0 amide bonds. The van der Waals surface area contributed by atoms with Crippen LogP contribution in [0.15, 0.2) is 30.7 Å². The molecule has 2 saturated heterocycles. The maximum atomic E-state index is 13.8. The largest absolute Gasteiger partial charge is 0.465 e. The normalized spacial score (nSPS) is 41.6. The third-order valence-electron chi connectivity index (χ3n) is 9.16. The number of fused-ring (bicyclic) bond motifs is 1. The van der Waals surface area contributed by atoms with Crippen LogP contribution in [-0.4, -0.2) is 52.5 Å². The molecule has 1 aromatic heterocycles. The van der Waals surface area contributed by atoms with E-state index in [1.54, 1.807) is 0 Å². The molecule has 6 rings (SSSR count). The summed E-state index contributed by atoms with van der Waals surface area (Å²) < 4.78 is 17.5. The second-order valence-corrected chi connectivity index (χ2v) is 11.0. The standard InChI is InChI=1S/C25H26N2O7/c1-12-13-4-5-15-24-11-32-21(30)17(24)23(2,3)7-6-16(24)33-22(31)25(15,18(12)28)19(13)34-20(29)14-10-26-8-9-27-14/h8-10,13,15-17,19H,1,4-7,11H2,2-3H3/t13-,15-,16-,17+,19+,24+,25-/m0/s1. The third-order valence-corrected chi connectivity index (χ3v) is 9.16. The van der Waals surface area contributed by atoms with Gasteiger partial charge in [-0.1, -0.05) is 20.4 Å². The topological polar surface area (TPSA) is 122 Å². The fourth-order valence-corrected chi connectivity index (χ4v) is 7.86. The number of cyclic esters (lactones) is 1. The van der Waals surface area contributed by atoms with Crippen LogP contribution in [0.4, 0.5) is 0 Å². The summed E-state index contributed by atoms with van der Waals surface area (Å²) in [6.07, 6.45) is 4.77. The van der Waals surface area contributed by atoms with Gasteiger partial charge < -0.3 is 14.2 Å². The Balaban J connectivity index is 1.50. The summed E-state index contributed by atoms with van der Waals surface area (Å²) in [6.45, 7) is 8.12. The summed E-state index contributed by atoms with van der Waals surface area (Å²) in [6, 6.07) is 0. The summed E-state index contributed by atoms with van der Waals surface area (Å²) in [5.41, 5.74) is -2.74. The molecule has 7 atom stereocenters. The zero-order valence-electron chi connectivity index (χ0n) is 19.1. The van der Waals surface area contributed by atoms with Crippen molar-refractivity contribution >= 4 is 23.7 Å². The molecule has 0 unspecified atom stereocenters. The number of aromatic nitrogens is 2. The number of carbonyl (C=O) groups excluding carboxylic acids is 4. The van der Waals surface area contributed by atoms with E-state index in [9.17, 15) is 19.2 Å². The Morgan fingerprint density at radius 3 is 2.71 bits per heavy atom. The van der Waals surface area contributed by atoms with Crippen LogP contribution in [0, 0.1) is 34.0 Å². The molecule has 3 saturated carbocycles. The van der Waals surface area contributed by atoms with Crippen molar-refractivity contribution in [1.82, 2.24) is 9.97 Å². The molecule has 9 nitrogen and oxygen atoms in total. The van der Waals surface area contributed by atoms with Crippen LogP contribution in [0.25, 0.3) is 0 Å². The van der Waals surface area contributed by atoms with Gasteiger partial charge in [0.2, 0.25) is 0 Å². The van der Waals surface area contributed by atoms with Gasteiger partial charge in [0, 0.05) is 18.3 Å². The molecular weight excluding hydrogens is 440 g/mol. The van der Waals surface area contributed by atoms with Crippen molar-refractivity contribution < 1.29 is 33.4 Å². The molecule has 9 heteroatoms. The van der Waals surface area contributed by atoms with E-state index >= 15 is 0 Å². The summed E-state index contributed by atoms with van der Waals surface area (Å²) in [7, 11) is 0. The quantitative estimate of drug-likeness (QED) is 0.279. The molecular formula is C25H26N2O7. The van der Waals surface area contributed by atoms with Crippen molar-refractivity contribution in [2.24, 2.45) is 34.0 Å². The minimum Gasteiger partial charge on any atom is -0.465 e. The van der Waals surface area contributed by atoms with Crippen molar-refractivity contribution in [1.29, 1.82) is 0 Å². The van der Waals surface area contributed by atoms with E-state index in [1.165, 1.54) is 18.6 Å². The highest BCUT2D eigenvalue weighted by Gasteiger charge is 2.81. The molecule has 0 radical (unpaired) electrons. The minimum atomic E-state index is -1.74. The Bertz CT molecular complexity index is 1150. The highest BCUT2D eigenvalue weighted by atomic mass is 16.6. The molecule has 5 fully saturated rings. The fourth-order valence-electron chi connectivity index (χ4n) is 7.86. The Labute approximate surface area is 196 Å². The molecule has 1 aromatic rings. The van der Waals surface area contributed by atoms with Crippen LogP contribution in [0.5, 0.6) is 0 Å². The van der Waals surface area contributed by atoms with Crippen LogP contribution < -0.4 is 0 Å². The van der Waals surface area contributed by atoms with E-state index in [0.717, 1.165) is 0 Å². The maximum Gasteiger partial charge on any atom is 0.358 e. The van der Waals surface area contributed by atoms with E-state index in [-0.39, 0.29) is 23.8 Å². The second-order valence-electron chi connectivity index (χ2n) is 11.0. The van der Waals surface area contributed by atoms with Gasteiger partial charge >= 0.3 is 17.9 Å². The number of Topliss-reactive ketones (excluding diaryl/α,β-unsaturated/α-hetero) is 1. The second kappa shape index (κ2) is 6.73. The molecule has 0 aromatic carbocycles. The lowest BCUT2D eigenvalue weighted by Gasteiger charge is -2.61. The molecule has 2 spiro atoms. The summed E-state index contributed by atoms with van der Waals surface area (Å²) in [5.74, 6) is -3.81. The first kappa shape index (κ1) is 21.4. The van der Waals surface area contributed by atoms with Crippen molar-refractivity contribution in [3.63, 3.8) is 0 Å². The average molecular weight is 466 g/mol. The van der Waals surface area contributed by atoms with E-state index in [0.29, 0.717) is 25.7 Å². The van der Waals surface area contributed by atoms with Crippen LogP contribution >= 0.6 is 0 Å². The highest BCUT2D eigenvalue weighted by Crippen LogP contribution is 2.71. The van der Waals surface area contributed by atoms with E-state index in [4.69, 9.17) is 14.2 Å². The van der Waals surface area contributed by atoms with Gasteiger partial charge in [-0.15, -0.1) is 0 Å². The van der Waals surface area contributed by atoms with E-state index in [1.807, 2.05) is 13.8 Å². The number of ketones is 1. The Hall–Kier alpha value is -3.10. The van der Waals surface area contributed by atoms with Gasteiger partial charge in [0.25, 0.3) is 0 Å². The van der Waals surface area contributed by atoms with Gasteiger partial charge in [-0.05, 0) is 42.6 Å². The molecule has 5 aliphatic rings. The van der Waals surface area contributed by atoms with Crippen LogP contribution in [0.1, 0.15) is 50.0 Å². The molecule has 0 N–H and O–H groups in total. The summed E-state index contributed by atoms with van der Waals surface area (Å²) >= 11 is 0. The van der Waals surface area contributed by atoms with Crippen LogP contribution in [0.2, 0.25) is 0 Å². The molecule has 2 bridgehead atoms. The zero-order chi connectivity index (χ0) is 24.0. The van der Waals surface area contributed by atoms with Gasteiger partial charge in [-0.25, -0.2) is 9.78 Å². The lowest BCUT2D eigenvalue weighted by molar-refractivity contribution is -0.244. The first-order chi connectivity index (χ1) is 16.2. The number of esters is 3. The van der Waals surface area contributed by atoms with E-state index < -0.39 is 63.9 Å². The number of hydrogen-bond acceptors (Lipinski definition) is 9. The smallest absolute Gasteiger partial charge is 0.358 e. The Morgan fingerprint density at radius 2 is 1.97 bits per heavy atom. The molecule has 34 heavy (non-hydrogen) atoms. The lowest BCUT2D eigenvalue weighted by atomic mass is 9.43.